The second-order valence-electron chi connectivity index (χ2n) is 6.01. The fourth-order valence-corrected chi connectivity index (χ4v) is 3.25. The highest BCUT2D eigenvalue weighted by molar-refractivity contribution is 5.98. The van der Waals surface area contributed by atoms with Gasteiger partial charge in [0.2, 0.25) is 5.91 Å². The van der Waals surface area contributed by atoms with Gasteiger partial charge in [-0.2, -0.15) is 0 Å². The lowest BCUT2D eigenvalue weighted by Gasteiger charge is -2.44. The van der Waals surface area contributed by atoms with Crippen molar-refractivity contribution in [1.82, 2.24) is 0 Å². The molecule has 3 rings (SSSR count). The summed E-state index contributed by atoms with van der Waals surface area (Å²) < 4.78 is 0. The Morgan fingerprint density at radius 3 is 2.60 bits per heavy atom. The first-order chi connectivity index (χ1) is 9.63. The first-order valence-electron chi connectivity index (χ1n) is 7.13. The zero-order chi connectivity index (χ0) is 14.2. The van der Waals surface area contributed by atoms with Gasteiger partial charge in [-0.3, -0.25) is 4.79 Å². The summed E-state index contributed by atoms with van der Waals surface area (Å²) in [6.45, 7) is 2.59. The molecule has 0 unspecified atom stereocenters. The second kappa shape index (κ2) is 4.91. The standard InChI is InChI=1S/C17H20N2O/c1-12-9-17(10-12,11-18)16(20)19-15-7-6-13-4-2-3-5-14(13)8-15/h2-8,12H,9-11,18H2,1H3,(H,19,20). The van der Waals surface area contributed by atoms with Crippen LogP contribution in [-0.2, 0) is 4.79 Å². The number of benzene rings is 2. The molecule has 104 valence electrons. The zero-order valence-electron chi connectivity index (χ0n) is 11.7. The molecule has 1 amide bonds. The molecule has 0 heterocycles. The number of anilines is 1. The fourth-order valence-electron chi connectivity index (χ4n) is 3.25. The molecule has 1 fully saturated rings. The third-order valence-electron chi connectivity index (χ3n) is 4.36. The quantitative estimate of drug-likeness (QED) is 0.898. The molecule has 0 radical (unpaired) electrons. The van der Waals surface area contributed by atoms with Crippen molar-refractivity contribution < 1.29 is 4.79 Å². The van der Waals surface area contributed by atoms with Crippen molar-refractivity contribution in [2.45, 2.75) is 19.8 Å². The molecule has 1 saturated carbocycles. The van der Waals surface area contributed by atoms with Gasteiger partial charge in [0.1, 0.15) is 0 Å². The molecule has 0 bridgehead atoms. The van der Waals surface area contributed by atoms with Crippen LogP contribution >= 0.6 is 0 Å². The van der Waals surface area contributed by atoms with Gasteiger partial charge < -0.3 is 11.1 Å². The molecule has 2 aromatic rings. The first kappa shape index (κ1) is 13.1. The molecular weight excluding hydrogens is 248 g/mol. The number of nitrogens with two attached hydrogens (primary N) is 1. The number of hydrogen-bond donors (Lipinski definition) is 2. The van der Waals surface area contributed by atoms with E-state index in [2.05, 4.69) is 24.4 Å². The number of fused-ring (bicyclic) bond motifs is 1. The van der Waals surface area contributed by atoms with Gasteiger partial charge in [0.15, 0.2) is 0 Å². The second-order valence-corrected chi connectivity index (χ2v) is 6.01. The van der Waals surface area contributed by atoms with Crippen molar-refractivity contribution in [2.75, 3.05) is 11.9 Å². The Bertz CT molecular complexity index is 644. The van der Waals surface area contributed by atoms with Gasteiger partial charge in [-0.25, -0.2) is 0 Å². The highest BCUT2D eigenvalue weighted by Gasteiger charge is 2.47. The highest BCUT2D eigenvalue weighted by Crippen LogP contribution is 2.45. The fraction of sp³-hybridized carbons (Fsp3) is 0.353. The maximum atomic E-state index is 12.4. The van der Waals surface area contributed by atoms with Crippen molar-refractivity contribution in [1.29, 1.82) is 0 Å². The molecule has 0 saturated heterocycles. The summed E-state index contributed by atoms with van der Waals surface area (Å²) in [6, 6.07) is 14.1. The molecule has 1 aliphatic rings. The maximum absolute atomic E-state index is 12.4. The van der Waals surface area contributed by atoms with Crippen LogP contribution in [-0.4, -0.2) is 12.5 Å². The van der Waals surface area contributed by atoms with Crippen molar-refractivity contribution in [3.63, 3.8) is 0 Å². The average molecular weight is 268 g/mol. The largest absolute Gasteiger partial charge is 0.329 e. The van der Waals surface area contributed by atoms with E-state index in [0.29, 0.717) is 12.5 Å². The summed E-state index contributed by atoms with van der Waals surface area (Å²) in [4.78, 5) is 12.4. The molecule has 0 aromatic heterocycles. The molecular formula is C17H20N2O. The minimum Gasteiger partial charge on any atom is -0.329 e. The van der Waals surface area contributed by atoms with Crippen LogP contribution in [0.2, 0.25) is 0 Å². The lowest BCUT2D eigenvalue weighted by atomic mass is 9.62. The Hall–Kier alpha value is -1.87. The van der Waals surface area contributed by atoms with Crippen molar-refractivity contribution in [3.8, 4) is 0 Å². The van der Waals surface area contributed by atoms with Crippen molar-refractivity contribution >= 4 is 22.4 Å². The molecule has 0 atom stereocenters. The Kier molecular flexibility index (Phi) is 3.22. The molecule has 1 aliphatic carbocycles. The molecule has 3 heteroatoms. The molecule has 20 heavy (non-hydrogen) atoms. The summed E-state index contributed by atoms with van der Waals surface area (Å²) >= 11 is 0. The van der Waals surface area contributed by atoms with Gasteiger partial charge in [-0.1, -0.05) is 37.3 Å². The normalized spacial score (nSPS) is 25.2. The van der Waals surface area contributed by atoms with Crippen LogP contribution in [0.25, 0.3) is 10.8 Å². The Labute approximate surface area is 119 Å². The zero-order valence-corrected chi connectivity index (χ0v) is 11.7. The van der Waals surface area contributed by atoms with E-state index >= 15 is 0 Å². The lowest BCUT2D eigenvalue weighted by molar-refractivity contribution is -0.132. The first-order valence-corrected chi connectivity index (χ1v) is 7.13. The monoisotopic (exact) mass is 268 g/mol. The van der Waals surface area contributed by atoms with Crippen LogP contribution in [0.4, 0.5) is 5.69 Å². The maximum Gasteiger partial charge on any atom is 0.231 e. The van der Waals surface area contributed by atoms with E-state index in [9.17, 15) is 4.79 Å². The van der Waals surface area contributed by atoms with E-state index in [4.69, 9.17) is 5.73 Å². The Morgan fingerprint density at radius 2 is 1.95 bits per heavy atom. The number of carbonyl (C=O) groups is 1. The predicted octanol–water partition coefficient (Wildman–Crippen LogP) is 3.15. The number of nitrogens with one attached hydrogen (secondary N) is 1. The summed E-state index contributed by atoms with van der Waals surface area (Å²) in [7, 11) is 0. The van der Waals surface area contributed by atoms with Gasteiger partial charge in [-0.05, 0) is 41.7 Å². The molecule has 3 nitrogen and oxygen atoms in total. The average Bonchev–Trinajstić information content (AvgIpc) is 2.43. The summed E-state index contributed by atoms with van der Waals surface area (Å²) in [5.41, 5.74) is 6.31. The van der Waals surface area contributed by atoms with Crippen LogP contribution in [0.5, 0.6) is 0 Å². The Morgan fingerprint density at radius 1 is 1.25 bits per heavy atom. The summed E-state index contributed by atoms with van der Waals surface area (Å²) in [6.07, 6.45) is 1.78. The van der Waals surface area contributed by atoms with Crippen LogP contribution in [0.15, 0.2) is 42.5 Å². The minimum absolute atomic E-state index is 0.0633. The number of amides is 1. The molecule has 0 aliphatic heterocycles. The van der Waals surface area contributed by atoms with Crippen molar-refractivity contribution in [2.24, 2.45) is 17.1 Å². The van der Waals surface area contributed by atoms with E-state index in [1.807, 2.05) is 30.3 Å². The topological polar surface area (TPSA) is 55.1 Å². The third kappa shape index (κ3) is 2.18. The van der Waals surface area contributed by atoms with Gasteiger partial charge in [0.25, 0.3) is 0 Å². The Balaban J connectivity index is 1.80. The van der Waals surface area contributed by atoms with E-state index in [1.54, 1.807) is 0 Å². The molecule has 2 aromatic carbocycles. The SMILES string of the molecule is CC1CC(CN)(C(=O)Nc2ccc3ccccc3c2)C1. The summed E-state index contributed by atoms with van der Waals surface area (Å²) in [5.74, 6) is 0.661. The number of carbonyl (C=O) groups excluding carboxylic acids is 1. The number of rotatable bonds is 3. The molecule has 0 spiro atoms. The minimum atomic E-state index is -0.356. The van der Waals surface area contributed by atoms with E-state index < -0.39 is 0 Å². The van der Waals surface area contributed by atoms with E-state index in [1.165, 1.54) is 5.39 Å². The molecule has 3 N–H and O–H groups in total. The van der Waals surface area contributed by atoms with Gasteiger partial charge >= 0.3 is 0 Å². The van der Waals surface area contributed by atoms with Crippen LogP contribution in [0, 0.1) is 11.3 Å². The van der Waals surface area contributed by atoms with Crippen LogP contribution in [0.1, 0.15) is 19.8 Å². The highest BCUT2D eigenvalue weighted by atomic mass is 16.2. The predicted molar refractivity (Wildman–Crippen MR) is 82.5 cm³/mol. The van der Waals surface area contributed by atoms with Gasteiger partial charge in [-0.15, -0.1) is 0 Å². The van der Waals surface area contributed by atoms with Gasteiger partial charge in [0, 0.05) is 12.2 Å². The summed E-state index contributed by atoms with van der Waals surface area (Å²) in [5, 5.41) is 5.34. The third-order valence-corrected chi connectivity index (χ3v) is 4.36. The van der Waals surface area contributed by atoms with Gasteiger partial charge in [0.05, 0.1) is 5.41 Å². The van der Waals surface area contributed by atoms with Crippen molar-refractivity contribution in [3.05, 3.63) is 42.5 Å². The van der Waals surface area contributed by atoms with E-state index in [-0.39, 0.29) is 11.3 Å². The van der Waals surface area contributed by atoms with E-state index in [0.717, 1.165) is 23.9 Å². The van der Waals surface area contributed by atoms with Crippen LogP contribution < -0.4 is 11.1 Å². The van der Waals surface area contributed by atoms with Crippen LogP contribution in [0.3, 0.4) is 0 Å². The lowest BCUT2D eigenvalue weighted by Crippen LogP contribution is -2.51. The number of hydrogen-bond acceptors (Lipinski definition) is 2. The smallest absolute Gasteiger partial charge is 0.231 e.